The van der Waals surface area contributed by atoms with Crippen LogP contribution in [0.3, 0.4) is 0 Å². The van der Waals surface area contributed by atoms with Crippen molar-refractivity contribution in [2.45, 2.75) is 63.9 Å². The highest BCUT2D eigenvalue weighted by Gasteiger charge is 2.37. The Hall–Kier alpha value is -5.19. The van der Waals surface area contributed by atoms with Gasteiger partial charge >= 0.3 is 23.9 Å². The molecule has 0 fully saturated rings. The van der Waals surface area contributed by atoms with Gasteiger partial charge in [-0.2, -0.15) is 0 Å². The summed E-state index contributed by atoms with van der Waals surface area (Å²) in [7, 11) is 2.44. The average molecular weight is 631 g/mol. The van der Waals surface area contributed by atoms with Gasteiger partial charge in [0.1, 0.15) is 34.4 Å². The maximum absolute atomic E-state index is 13.5. The minimum atomic E-state index is -0.840. The first-order valence-electron chi connectivity index (χ1n) is 15.0. The Morgan fingerprint density at radius 1 is 0.935 bits per heavy atom. The van der Waals surface area contributed by atoms with Gasteiger partial charge < -0.3 is 28.5 Å². The van der Waals surface area contributed by atoms with Crippen LogP contribution in [0.15, 0.2) is 46.9 Å². The predicted octanol–water partition coefficient (Wildman–Crippen LogP) is 6.15. The molecule has 5 rings (SSSR count). The molecule has 1 N–H and O–H groups in total. The third-order valence-electron chi connectivity index (χ3n) is 8.01. The van der Waals surface area contributed by atoms with E-state index < -0.39 is 41.6 Å². The lowest BCUT2D eigenvalue weighted by Crippen LogP contribution is -2.23. The zero-order valence-electron chi connectivity index (χ0n) is 25.8. The number of phenolic OH excluding ortho intramolecular Hbond substituents is 1. The summed E-state index contributed by atoms with van der Waals surface area (Å²) in [5.74, 6) is -3.13. The van der Waals surface area contributed by atoms with E-state index in [0.717, 1.165) is 0 Å². The van der Waals surface area contributed by atoms with Gasteiger partial charge in [0.15, 0.2) is 0 Å². The molecule has 11 nitrogen and oxygen atoms in total. The van der Waals surface area contributed by atoms with Gasteiger partial charge in [0.25, 0.3) is 0 Å². The van der Waals surface area contributed by atoms with Crippen LogP contribution in [0.2, 0.25) is 0 Å². The van der Waals surface area contributed by atoms with Crippen molar-refractivity contribution < 1.29 is 52.4 Å². The largest absolute Gasteiger partial charge is 0.507 e. The Balaban J connectivity index is 1.57. The maximum Gasteiger partial charge on any atom is 0.342 e. The molecule has 2 unspecified atom stereocenters. The van der Waals surface area contributed by atoms with Crippen molar-refractivity contribution in [2.24, 2.45) is 0 Å². The molecule has 240 valence electrons. The highest BCUT2D eigenvalue weighted by Crippen LogP contribution is 2.48. The number of aromatic hydroxyl groups is 1. The minimum absolute atomic E-state index is 0.0675. The third-order valence-corrected chi connectivity index (χ3v) is 8.01. The van der Waals surface area contributed by atoms with Crippen molar-refractivity contribution in [2.75, 3.05) is 14.2 Å². The second-order valence-corrected chi connectivity index (χ2v) is 11.3. The molecule has 11 heteroatoms. The molecule has 3 aromatic rings. The van der Waals surface area contributed by atoms with E-state index in [1.54, 1.807) is 31.2 Å². The number of phenols is 1. The summed E-state index contributed by atoms with van der Waals surface area (Å²) in [6.45, 7) is 1.73. The molecule has 2 aromatic carbocycles. The summed E-state index contributed by atoms with van der Waals surface area (Å²) < 4.78 is 27.0. The maximum atomic E-state index is 13.5. The molecule has 2 atom stereocenters. The smallest absolute Gasteiger partial charge is 0.342 e. The normalized spacial score (nSPS) is 18.8. The van der Waals surface area contributed by atoms with E-state index in [2.05, 4.69) is 0 Å². The van der Waals surface area contributed by atoms with Crippen LogP contribution in [0.4, 0.5) is 0 Å². The Morgan fingerprint density at radius 3 is 2.33 bits per heavy atom. The fourth-order valence-electron chi connectivity index (χ4n) is 5.70. The molecule has 46 heavy (non-hydrogen) atoms. The van der Waals surface area contributed by atoms with Crippen LogP contribution in [0.1, 0.15) is 106 Å². The number of rotatable bonds is 4. The summed E-state index contributed by atoms with van der Waals surface area (Å²) in [6, 6.07) is 9.05. The zero-order chi connectivity index (χ0) is 33.0. The number of hydrogen-bond donors (Lipinski definition) is 1. The third kappa shape index (κ3) is 6.88. The van der Waals surface area contributed by atoms with Crippen LogP contribution in [-0.2, 0) is 23.8 Å². The van der Waals surface area contributed by atoms with E-state index in [0.29, 0.717) is 49.7 Å². The summed E-state index contributed by atoms with van der Waals surface area (Å²) in [5, 5.41) is 11.7. The molecule has 0 saturated carbocycles. The van der Waals surface area contributed by atoms with Gasteiger partial charge in [-0.3, -0.25) is 9.59 Å². The van der Waals surface area contributed by atoms with Gasteiger partial charge in [0.05, 0.1) is 43.8 Å². The van der Waals surface area contributed by atoms with E-state index in [1.165, 1.54) is 38.5 Å². The van der Waals surface area contributed by atoms with E-state index in [1.807, 2.05) is 0 Å². The van der Waals surface area contributed by atoms with Crippen molar-refractivity contribution in [3.05, 3.63) is 76.1 Å². The Morgan fingerprint density at radius 2 is 1.63 bits per heavy atom. The first kappa shape index (κ1) is 32.2. The monoisotopic (exact) mass is 630 g/mol. The number of benzene rings is 2. The first-order chi connectivity index (χ1) is 22.1. The Labute approximate surface area is 265 Å². The standard InChI is InChI=1S/C35H34O11/c1-19-8-7-11-24(36)10-6-4-5-9-20-17-28-31(32(38)30(20)35(41)44-19)25(18-29(37)46-28)27-13-12-26(45-27)21-14-22(33(39)42-2)16-23(15-21)34(40)43-3/h5,9,12-17,19,25,38H,4,6-8,10-11,18H2,1-3H3. The molecule has 0 aliphatic carbocycles. The van der Waals surface area contributed by atoms with Gasteiger partial charge in [-0.25, -0.2) is 14.4 Å². The lowest BCUT2D eigenvalue weighted by molar-refractivity contribution is -0.135. The van der Waals surface area contributed by atoms with E-state index in [9.17, 15) is 29.1 Å². The topological polar surface area (TPSA) is 156 Å². The van der Waals surface area contributed by atoms with Crippen molar-refractivity contribution in [1.29, 1.82) is 0 Å². The number of furan rings is 1. The fraction of sp³-hybridized carbons (Fsp3) is 0.343. The molecule has 0 amide bonds. The molecule has 2 aliphatic heterocycles. The molecule has 0 saturated heterocycles. The second kappa shape index (κ2) is 13.8. The SMILES string of the molecule is COC(=O)c1cc(C(=O)OC)cc(-c2ccc(C3CC(=O)Oc4cc5c(c(O)c43)C(=O)OC(C)CCCC(=O)CCCC=C5)o2)c1. The number of methoxy groups -OCH3 is 2. The molecule has 1 aromatic heterocycles. The van der Waals surface area contributed by atoms with E-state index in [4.69, 9.17) is 23.4 Å². The van der Waals surface area contributed by atoms with Crippen LogP contribution in [0.5, 0.6) is 11.5 Å². The number of esters is 4. The van der Waals surface area contributed by atoms with Gasteiger partial charge in [0, 0.05) is 24.0 Å². The van der Waals surface area contributed by atoms with Crippen molar-refractivity contribution in [3.8, 4) is 22.8 Å². The number of cyclic esters (lactones) is 1. The molecule has 0 radical (unpaired) electrons. The molecule has 0 spiro atoms. The highest BCUT2D eigenvalue weighted by atomic mass is 16.5. The van der Waals surface area contributed by atoms with Crippen molar-refractivity contribution in [3.63, 3.8) is 0 Å². The van der Waals surface area contributed by atoms with Crippen molar-refractivity contribution >= 4 is 35.7 Å². The molecular formula is C35H34O11. The number of ketones is 1. The summed E-state index contributed by atoms with van der Waals surface area (Å²) in [5.41, 5.74) is 0.975. The quantitative estimate of drug-likeness (QED) is 0.200. The molecule has 2 aliphatic rings. The van der Waals surface area contributed by atoms with Crippen LogP contribution < -0.4 is 4.74 Å². The highest BCUT2D eigenvalue weighted by molar-refractivity contribution is 5.99. The van der Waals surface area contributed by atoms with E-state index in [-0.39, 0.29) is 51.7 Å². The lowest BCUT2D eigenvalue weighted by Gasteiger charge is -2.26. The van der Waals surface area contributed by atoms with E-state index >= 15 is 0 Å². The van der Waals surface area contributed by atoms with Crippen molar-refractivity contribution in [1.82, 2.24) is 0 Å². The van der Waals surface area contributed by atoms with Crippen LogP contribution in [-0.4, -0.2) is 55.1 Å². The number of Topliss-reactive ketones (excluding diaryl/α,β-unsaturated/α-hetero) is 1. The van der Waals surface area contributed by atoms with Crippen LogP contribution >= 0.6 is 0 Å². The molecular weight excluding hydrogens is 596 g/mol. The Kier molecular flexibility index (Phi) is 9.69. The lowest BCUT2D eigenvalue weighted by atomic mass is 9.86. The number of allylic oxidation sites excluding steroid dienone is 1. The summed E-state index contributed by atoms with van der Waals surface area (Å²) in [4.78, 5) is 63.1. The predicted molar refractivity (Wildman–Crippen MR) is 164 cm³/mol. The van der Waals surface area contributed by atoms with Gasteiger partial charge in [-0.15, -0.1) is 0 Å². The number of hydrogen-bond acceptors (Lipinski definition) is 11. The average Bonchev–Trinajstić information content (AvgIpc) is 3.53. The molecule has 0 bridgehead atoms. The minimum Gasteiger partial charge on any atom is -0.507 e. The Bertz CT molecular complexity index is 1690. The van der Waals surface area contributed by atoms with Gasteiger partial charge in [-0.05, 0) is 74.6 Å². The zero-order valence-corrected chi connectivity index (χ0v) is 25.8. The first-order valence-corrected chi connectivity index (χ1v) is 15.0. The number of carbonyl (C=O) groups excluding carboxylic acids is 5. The number of fused-ring (bicyclic) bond motifs is 2. The van der Waals surface area contributed by atoms with Crippen LogP contribution in [0, 0.1) is 0 Å². The summed E-state index contributed by atoms with van der Waals surface area (Å²) in [6.07, 6.45) is 5.87. The number of carbonyl (C=O) groups is 5. The van der Waals surface area contributed by atoms with Gasteiger partial charge in [0.2, 0.25) is 0 Å². The van der Waals surface area contributed by atoms with Gasteiger partial charge in [-0.1, -0.05) is 12.2 Å². The second-order valence-electron chi connectivity index (χ2n) is 11.3. The molecule has 3 heterocycles. The summed E-state index contributed by atoms with van der Waals surface area (Å²) >= 11 is 0. The van der Waals surface area contributed by atoms with Crippen LogP contribution in [0.25, 0.3) is 17.4 Å². The number of ether oxygens (including phenoxy) is 4. The fourth-order valence-corrected chi connectivity index (χ4v) is 5.70.